The predicted octanol–water partition coefficient (Wildman–Crippen LogP) is 23.7. The van der Waals surface area contributed by atoms with Crippen LogP contribution in [-0.2, 0) is 28.6 Å². The summed E-state index contributed by atoms with van der Waals surface area (Å²) in [5, 5.41) is 0. The first-order chi connectivity index (χ1) is 38.5. The number of carbonyl (C=O) groups excluding carboxylic acids is 3. The van der Waals surface area contributed by atoms with Crippen molar-refractivity contribution in [2.24, 2.45) is 0 Å². The number of hydrogen-bond donors (Lipinski definition) is 0. The molecule has 78 heavy (non-hydrogen) atoms. The van der Waals surface area contributed by atoms with Crippen molar-refractivity contribution in [2.45, 2.75) is 380 Å². The third-order valence-electron chi connectivity index (χ3n) is 15.6. The SMILES string of the molecule is CC/C=C\C/C=C\C/C=C\CCCCCCCCCC(=O)OCC(COC(=O)CCCCCCCCCCCCCCCCCCCCCCCCCCC)OC(=O)CCCCCCCCC/C=C\CCCCCCCCC. The van der Waals surface area contributed by atoms with Crippen LogP contribution < -0.4 is 0 Å². The molecule has 0 saturated carbocycles. The van der Waals surface area contributed by atoms with Crippen molar-refractivity contribution >= 4 is 17.9 Å². The molecule has 6 heteroatoms. The van der Waals surface area contributed by atoms with E-state index in [1.165, 1.54) is 250 Å². The van der Waals surface area contributed by atoms with Crippen molar-refractivity contribution in [3.8, 4) is 0 Å². The Morgan fingerprint density at radius 1 is 0.269 bits per heavy atom. The lowest BCUT2D eigenvalue weighted by Crippen LogP contribution is -2.30. The highest BCUT2D eigenvalue weighted by Gasteiger charge is 2.19. The van der Waals surface area contributed by atoms with E-state index < -0.39 is 6.10 Å². The Morgan fingerprint density at radius 2 is 0.500 bits per heavy atom. The lowest BCUT2D eigenvalue weighted by Gasteiger charge is -2.18. The average Bonchev–Trinajstić information content (AvgIpc) is 3.44. The second-order valence-corrected chi connectivity index (χ2v) is 23.4. The van der Waals surface area contributed by atoms with Crippen LogP contribution in [0.25, 0.3) is 0 Å². The van der Waals surface area contributed by atoms with Gasteiger partial charge in [0.1, 0.15) is 13.2 Å². The molecule has 0 saturated heterocycles. The smallest absolute Gasteiger partial charge is 0.306 e. The summed E-state index contributed by atoms with van der Waals surface area (Å²) < 4.78 is 17.0. The van der Waals surface area contributed by atoms with Crippen LogP contribution in [-0.4, -0.2) is 37.2 Å². The first kappa shape index (κ1) is 75.4. The van der Waals surface area contributed by atoms with E-state index >= 15 is 0 Å². The maximum atomic E-state index is 12.9. The molecule has 1 atom stereocenters. The lowest BCUT2D eigenvalue weighted by atomic mass is 10.0. The quantitative estimate of drug-likeness (QED) is 0.0261. The molecule has 0 aromatic heterocycles. The van der Waals surface area contributed by atoms with Crippen LogP contribution in [0.5, 0.6) is 0 Å². The monoisotopic (exact) mass is 1090 g/mol. The zero-order chi connectivity index (χ0) is 56.4. The maximum Gasteiger partial charge on any atom is 0.306 e. The molecular formula is C72H132O6. The lowest BCUT2D eigenvalue weighted by molar-refractivity contribution is -0.167. The van der Waals surface area contributed by atoms with Gasteiger partial charge >= 0.3 is 17.9 Å². The van der Waals surface area contributed by atoms with Crippen LogP contribution >= 0.6 is 0 Å². The summed E-state index contributed by atoms with van der Waals surface area (Å²) in [6.07, 6.45) is 84.2. The Morgan fingerprint density at radius 3 is 0.795 bits per heavy atom. The molecule has 0 bridgehead atoms. The number of carbonyl (C=O) groups is 3. The summed E-state index contributed by atoms with van der Waals surface area (Å²) in [5.74, 6) is -0.863. The Bertz CT molecular complexity index is 1350. The molecule has 0 radical (unpaired) electrons. The molecule has 0 aliphatic heterocycles. The number of esters is 3. The first-order valence-corrected chi connectivity index (χ1v) is 34.6. The molecule has 6 nitrogen and oxygen atoms in total. The van der Waals surface area contributed by atoms with Gasteiger partial charge in [0.15, 0.2) is 6.10 Å². The largest absolute Gasteiger partial charge is 0.462 e. The molecule has 456 valence electrons. The van der Waals surface area contributed by atoms with E-state index in [-0.39, 0.29) is 31.1 Å². The van der Waals surface area contributed by atoms with Gasteiger partial charge in [-0.25, -0.2) is 0 Å². The molecule has 0 rings (SSSR count). The van der Waals surface area contributed by atoms with Gasteiger partial charge in [0.2, 0.25) is 0 Å². The summed E-state index contributed by atoms with van der Waals surface area (Å²) in [5.41, 5.74) is 0. The van der Waals surface area contributed by atoms with E-state index in [0.29, 0.717) is 19.3 Å². The Hall–Kier alpha value is -2.63. The van der Waals surface area contributed by atoms with E-state index in [4.69, 9.17) is 14.2 Å². The van der Waals surface area contributed by atoms with Crippen molar-refractivity contribution in [1.82, 2.24) is 0 Å². The third kappa shape index (κ3) is 64.2. The fourth-order valence-corrected chi connectivity index (χ4v) is 10.4. The van der Waals surface area contributed by atoms with Crippen molar-refractivity contribution in [2.75, 3.05) is 13.2 Å². The zero-order valence-corrected chi connectivity index (χ0v) is 52.5. The van der Waals surface area contributed by atoms with Gasteiger partial charge in [-0.3, -0.25) is 14.4 Å². The molecule has 0 aliphatic carbocycles. The van der Waals surface area contributed by atoms with Crippen molar-refractivity contribution in [3.05, 3.63) is 48.6 Å². The molecule has 0 heterocycles. The summed E-state index contributed by atoms with van der Waals surface area (Å²) in [6, 6.07) is 0. The standard InChI is InChI=1S/C72H132O6/c1-4-7-10-13-16-19-22-25-28-31-33-34-35-36-37-38-39-42-44-47-50-53-56-59-62-65-71(74)77-68-69(67-76-70(73)64-61-58-55-52-49-46-43-40-30-27-24-21-18-15-12-9-6-3)78-72(75)66-63-60-57-54-51-48-45-41-32-29-26-23-20-17-14-11-8-5-2/h9,12,18,21,27,29-30,32,69H,4-8,10-11,13-17,19-20,22-26,28,31,33-68H2,1-3H3/b12-9-,21-18-,30-27-,32-29-. The van der Waals surface area contributed by atoms with E-state index in [1.54, 1.807) is 0 Å². The van der Waals surface area contributed by atoms with Gasteiger partial charge < -0.3 is 14.2 Å². The molecule has 0 aliphatic rings. The summed E-state index contributed by atoms with van der Waals surface area (Å²) in [4.78, 5) is 38.4. The Balaban J connectivity index is 4.28. The van der Waals surface area contributed by atoms with E-state index in [2.05, 4.69) is 69.4 Å². The van der Waals surface area contributed by atoms with Gasteiger partial charge in [-0.2, -0.15) is 0 Å². The highest BCUT2D eigenvalue weighted by Crippen LogP contribution is 2.18. The Labute approximate surface area is 486 Å². The highest BCUT2D eigenvalue weighted by atomic mass is 16.6. The van der Waals surface area contributed by atoms with Crippen molar-refractivity contribution in [3.63, 3.8) is 0 Å². The number of rotatable bonds is 64. The van der Waals surface area contributed by atoms with E-state index in [9.17, 15) is 14.4 Å². The minimum Gasteiger partial charge on any atom is -0.462 e. The first-order valence-electron chi connectivity index (χ1n) is 34.6. The molecule has 0 aromatic rings. The molecule has 0 fully saturated rings. The normalized spacial score (nSPS) is 12.3. The third-order valence-corrected chi connectivity index (χ3v) is 15.6. The fraction of sp³-hybridized carbons (Fsp3) is 0.847. The summed E-state index contributed by atoms with van der Waals surface area (Å²) in [6.45, 7) is 6.59. The number of allylic oxidation sites excluding steroid dienone is 8. The van der Waals surface area contributed by atoms with Crippen LogP contribution in [0.15, 0.2) is 48.6 Å². The zero-order valence-electron chi connectivity index (χ0n) is 52.5. The van der Waals surface area contributed by atoms with Crippen LogP contribution in [0.1, 0.15) is 374 Å². The minimum absolute atomic E-state index is 0.0740. The minimum atomic E-state index is -0.779. The van der Waals surface area contributed by atoms with E-state index in [0.717, 1.165) is 83.5 Å². The van der Waals surface area contributed by atoms with Gasteiger partial charge in [0.05, 0.1) is 0 Å². The average molecular weight is 1090 g/mol. The van der Waals surface area contributed by atoms with Crippen LogP contribution in [0.2, 0.25) is 0 Å². The number of unbranched alkanes of at least 4 members (excludes halogenated alkanes) is 45. The van der Waals surface area contributed by atoms with Crippen LogP contribution in [0.4, 0.5) is 0 Å². The molecule has 1 unspecified atom stereocenters. The maximum absolute atomic E-state index is 12.9. The van der Waals surface area contributed by atoms with Gasteiger partial charge in [0, 0.05) is 19.3 Å². The molecule has 0 spiro atoms. The second kappa shape index (κ2) is 66.9. The van der Waals surface area contributed by atoms with Gasteiger partial charge in [-0.15, -0.1) is 0 Å². The van der Waals surface area contributed by atoms with Gasteiger partial charge in [0.25, 0.3) is 0 Å². The molecule has 0 aromatic carbocycles. The van der Waals surface area contributed by atoms with Gasteiger partial charge in [-0.05, 0) is 77.0 Å². The number of hydrogen-bond acceptors (Lipinski definition) is 6. The van der Waals surface area contributed by atoms with Crippen molar-refractivity contribution < 1.29 is 28.6 Å². The van der Waals surface area contributed by atoms with Crippen molar-refractivity contribution in [1.29, 1.82) is 0 Å². The number of ether oxygens (including phenoxy) is 3. The van der Waals surface area contributed by atoms with E-state index in [1.807, 2.05) is 0 Å². The van der Waals surface area contributed by atoms with Gasteiger partial charge in [-0.1, -0.05) is 326 Å². The molecule has 0 N–H and O–H groups in total. The predicted molar refractivity (Wildman–Crippen MR) is 339 cm³/mol. The Kier molecular flexibility index (Phi) is 64.6. The fourth-order valence-electron chi connectivity index (χ4n) is 10.4. The topological polar surface area (TPSA) is 78.9 Å². The van der Waals surface area contributed by atoms with Crippen LogP contribution in [0.3, 0.4) is 0 Å². The summed E-state index contributed by atoms with van der Waals surface area (Å²) >= 11 is 0. The van der Waals surface area contributed by atoms with Crippen LogP contribution in [0, 0.1) is 0 Å². The summed E-state index contributed by atoms with van der Waals surface area (Å²) in [7, 11) is 0. The highest BCUT2D eigenvalue weighted by molar-refractivity contribution is 5.71. The molecular weight excluding hydrogens is 961 g/mol. The molecule has 0 amide bonds. The second-order valence-electron chi connectivity index (χ2n) is 23.4.